The zero-order valence-electron chi connectivity index (χ0n) is 32.8. The molecule has 0 radical (unpaired) electrons. The Morgan fingerprint density at radius 2 is 1.31 bits per heavy atom. The number of rotatable bonds is 14. The number of benzene rings is 1. The highest BCUT2D eigenvalue weighted by Gasteiger charge is 2.30. The molecule has 0 fully saturated rings. The molecule has 0 saturated heterocycles. The Bertz CT molecular complexity index is 2530. The number of methoxy groups -OCH3 is 2. The van der Waals surface area contributed by atoms with Gasteiger partial charge >= 0.3 is 0 Å². The van der Waals surface area contributed by atoms with E-state index in [0.29, 0.717) is 79.0 Å². The second kappa shape index (κ2) is 18.3. The molecule has 2 aliphatic carbocycles. The molecule has 2 amide bonds. The van der Waals surface area contributed by atoms with Gasteiger partial charge in [0.05, 0.1) is 42.2 Å². The predicted molar refractivity (Wildman–Crippen MR) is 221 cm³/mol. The lowest BCUT2D eigenvalue weighted by molar-refractivity contribution is -0.126. The summed E-state index contributed by atoms with van der Waals surface area (Å²) in [5.74, 6) is 1.61. The molecule has 2 aliphatic rings. The largest absolute Gasteiger partial charge is 0.497 e. The number of fused-ring (bicyclic) bond motifs is 6. The van der Waals surface area contributed by atoms with Crippen LogP contribution >= 0.6 is 11.6 Å². The molecule has 58 heavy (non-hydrogen) atoms. The average molecular weight is 858 g/mol. The maximum atomic E-state index is 12.8. The Balaban J connectivity index is 0.000000208. The third-order valence-corrected chi connectivity index (χ3v) is 12.6. The molecule has 7 rings (SSSR count). The number of carbonyl (C=O) groups excluding carboxylic acids is 2. The minimum Gasteiger partial charge on any atom is -0.497 e. The maximum Gasteiger partial charge on any atom is 0.223 e. The zero-order chi connectivity index (χ0) is 41.6. The van der Waals surface area contributed by atoms with Gasteiger partial charge in [0.15, 0.2) is 0 Å². The van der Waals surface area contributed by atoms with Crippen LogP contribution in [0.4, 0.5) is 11.5 Å². The van der Waals surface area contributed by atoms with E-state index in [-0.39, 0.29) is 35.2 Å². The summed E-state index contributed by atoms with van der Waals surface area (Å²) in [6.07, 6.45) is 10.2. The van der Waals surface area contributed by atoms with E-state index < -0.39 is 19.7 Å². The summed E-state index contributed by atoms with van der Waals surface area (Å²) in [4.78, 5) is 48.8. The SMILES string of the molecule is COc1ccc(Nc2ncnc3[nH]c4c(c23)CC(C(=O)NCCCS(C)(=O)=O)CC4)c(OC)c1.CS(=O)(=O)CCCNC(=O)C1CCc2[nH]c3ncnc(Cl)c3c2C1. The fourth-order valence-corrected chi connectivity index (χ4v) is 8.98. The number of halogens is 1. The fourth-order valence-electron chi connectivity index (χ4n) is 7.39. The van der Waals surface area contributed by atoms with Crippen LogP contribution in [0, 0.1) is 11.8 Å². The van der Waals surface area contributed by atoms with Gasteiger partial charge in [-0.15, -0.1) is 0 Å². The van der Waals surface area contributed by atoms with Gasteiger partial charge in [-0.25, -0.2) is 36.8 Å². The monoisotopic (exact) mass is 857 g/mol. The van der Waals surface area contributed by atoms with Gasteiger partial charge < -0.3 is 35.4 Å². The number of ether oxygens (including phenoxy) is 2. The van der Waals surface area contributed by atoms with Gasteiger partial charge in [-0.2, -0.15) is 0 Å². The number of H-pyrrole nitrogens is 2. The van der Waals surface area contributed by atoms with Crippen molar-refractivity contribution >= 4 is 76.7 Å². The van der Waals surface area contributed by atoms with E-state index in [1.807, 2.05) is 12.1 Å². The van der Waals surface area contributed by atoms with Crippen LogP contribution in [0.2, 0.25) is 5.15 Å². The van der Waals surface area contributed by atoms with Crippen LogP contribution in [0.25, 0.3) is 22.1 Å². The third kappa shape index (κ3) is 10.5. The van der Waals surface area contributed by atoms with Crippen LogP contribution in [0.3, 0.4) is 0 Å². The van der Waals surface area contributed by atoms with E-state index in [2.05, 4.69) is 45.9 Å². The van der Waals surface area contributed by atoms with Crippen molar-refractivity contribution in [2.24, 2.45) is 11.8 Å². The van der Waals surface area contributed by atoms with Gasteiger partial charge in [0, 0.05) is 54.9 Å². The summed E-state index contributed by atoms with van der Waals surface area (Å²) >= 11 is 6.18. The van der Waals surface area contributed by atoms with Crippen molar-refractivity contribution in [2.45, 2.75) is 51.4 Å². The molecule has 2 unspecified atom stereocenters. The van der Waals surface area contributed by atoms with Crippen molar-refractivity contribution in [1.29, 1.82) is 0 Å². The second-order valence-corrected chi connectivity index (χ2v) is 19.5. The van der Waals surface area contributed by atoms with E-state index >= 15 is 0 Å². The number of amides is 2. The molecule has 17 nitrogen and oxygen atoms in total. The van der Waals surface area contributed by atoms with Gasteiger partial charge in [-0.1, -0.05) is 11.6 Å². The Labute approximate surface area is 341 Å². The van der Waals surface area contributed by atoms with Crippen molar-refractivity contribution < 1.29 is 35.9 Å². The van der Waals surface area contributed by atoms with Crippen molar-refractivity contribution in [3.05, 3.63) is 58.5 Å². The minimum absolute atomic E-state index is 0.0449. The normalized spacial score (nSPS) is 16.4. The van der Waals surface area contributed by atoms with Crippen LogP contribution in [0.15, 0.2) is 30.9 Å². The molecule has 2 atom stereocenters. The molecule has 5 N–H and O–H groups in total. The number of carbonyl (C=O) groups is 2. The molecule has 0 bridgehead atoms. The molecule has 1 aromatic carbocycles. The zero-order valence-corrected chi connectivity index (χ0v) is 35.2. The fraction of sp³-hybridized carbons (Fsp3) is 0.474. The highest BCUT2D eigenvalue weighted by Crippen LogP contribution is 2.38. The first-order valence-corrected chi connectivity index (χ1v) is 23.4. The van der Waals surface area contributed by atoms with Gasteiger partial charge in [0.2, 0.25) is 11.8 Å². The van der Waals surface area contributed by atoms with Crippen molar-refractivity contribution in [2.75, 3.05) is 56.6 Å². The van der Waals surface area contributed by atoms with Gasteiger partial charge in [0.25, 0.3) is 0 Å². The van der Waals surface area contributed by atoms with E-state index in [1.165, 1.54) is 25.2 Å². The lowest BCUT2D eigenvalue weighted by Crippen LogP contribution is -2.35. The van der Waals surface area contributed by atoms with E-state index in [0.717, 1.165) is 58.2 Å². The molecule has 20 heteroatoms. The number of aromatic amines is 2. The van der Waals surface area contributed by atoms with Crippen LogP contribution in [-0.2, 0) is 54.9 Å². The smallest absolute Gasteiger partial charge is 0.223 e. The molecule has 312 valence electrons. The molecule has 0 spiro atoms. The topological polar surface area (TPSA) is 240 Å². The summed E-state index contributed by atoms with van der Waals surface area (Å²) in [6, 6.07) is 5.48. The number of sulfone groups is 2. The number of aromatic nitrogens is 6. The molecule has 5 aromatic rings. The van der Waals surface area contributed by atoms with Gasteiger partial charge in [0.1, 0.15) is 66.1 Å². The molecule has 0 saturated carbocycles. The summed E-state index contributed by atoms with van der Waals surface area (Å²) in [7, 11) is -2.84. The van der Waals surface area contributed by atoms with Gasteiger partial charge in [-0.05, 0) is 74.6 Å². The maximum absolute atomic E-state index is 12.8. The first kappa shape index (κ1) is 42.6. The Morgan fingerprint density at radius 3 is 1.84 bits per heavy atom. The highest BCUT2D eigenvalue weighted by atomic mass is 35.5. The quantitative estimate of drug-likeness (QED) is 0.0793. The first-order valence-electron chi connectivity index (χ1n) is 18.9. The predicted octanol–water partition coefficient (Wildman–Crippen LogP) is 3.64. The van der Waals surface area contributed by atoms with E-state index in [4.69, 9.17) is 21.1 Å². The number of hydrogen-bond donors (Lipinski definition) is 5. The number of hydrogen-bond acceptors (Lipinski definition) is 13. The molecule has 4 heterocycles. The Hall–Kier alpha value is -5.01. The molecule has 4 aromatic heterocycles. The van der Waals surface area contributed by atoms with E-state index in [9.17, 15) is 26.4 Å². The average Bonchev–Trinajstić information content (AvgIpc) is 3.76. The summed E-state index contributed by atoms with van der Waals surface area (Å²) in [6.45, 7) is 0.712. The van der Waals surface area contributed by atoms with Crippen molar-refractivity contribution in [3.8, 4) is 11.5 Å². The van der Waals surface area contributed by atoms with Gasteiger partial charge in [-0.3, -0.25) is 9.59 Å². The summed E-state index contributed by atoms with van der Waals surface area (Å²) in [5.41, 5.74) is 6.30. The number of nitrogens with zero attached hydrogens (tertiary/aromatic N) is 4. The van der Waals surface area contributed by atoms with Crippen molar-refractivity contribution in [1.82, 2.24) is 40.5 Å². The second-order valence-electron chi connectivity index (χ2n) is 14.6. The molecular formula is C38H48ClN9O8S2. The van der Waals surface area contributed by atoms with Crippen LogP contribution in [0.1, 0.15) is 48.2 Å². The number of nitrogens with one attached hydrogen (secondary N) is 5. The van der Waals surface area contributed by atoms with Crippen LogP contribution < -0.4 is 25.4 Å². The highest BCUT2D eigenvalue weighted by molar-refractivity contribution is 7.90. The summed E-state index contributed by atoms with van der Waals surface area (Å²) < 4.78 is 55.6. The lowest BCUT2D eigenvalue weighted by atomic mass is 9.86. The third-order valence-electron chi connectivity index (χ3n) is 10.3. The number of anilines is 2. The Kier molecular flexibility index (Phi) is 13.4. The summed E-state index contributed by atoms with van der Waals surface area (Å²) in [5, 5.41) is 11.1. The lowest BCUT2D eigenvalue weighted by Gasteiger charge is -2.22. The van der Waals surface area contributed by atoms with E-state index in [1.54, 1.807) is 20.3 Å². The Morgan fingerprint density at radius 1 is 0.776 bits per heavy atom. The molecule has 0 aliphatic heterocycles. The standard InChI is InChI=1S/C23H29N5O5S.C15H19ClN4O3S/c1-32-15-6-8-18(19(12-15)33-2)28-22-20-16-11-14(23(29)24-9-4-10-34(3,30)31)5-7-17(16)27-21(20)25-13-26-22;1-24(22,23)6-2-5-17-15(21)9-3-4-11-10(7-9)12-13(16)18-8-19-14(12)20-11/h6,8,12-14H,4-5,7,9-11H2,1-3H3,(H,24,29)(H2,25,26,27,28);8-9H,2-7H2,1H3,(H,17,21)(H,18,19,20). The molecular weight excluding hydrogens is 810 g/mol. The van der Waals surface area contributed by atoms with Crippen molar-refractivity contribution in [3.63, 3.8) is 0 Å². The number of aryl methyl sites for hydroxylation is 2. The first-order chi connectivity index (χ1) is 27.6. The minimum atomic E-state index is -3.04. The van der Waals surface area contributed by atoms with Crippen LogP contribution in [-0.4, -0.2) is 110 Å². The van der Waals surface area contributed by atoms with Crippen LogP contribution in [0.5, 0.6) is 11.5 Å².